The van der Waals surface area contributed by atoms with Crippen molar-refractivity contribution < 1.29 is 9.53 Å². The van der Waals surface area contributed by atoms with Gasteiger partial charge in [-0.3, -0.25) is 4.79 Å². The molecule has 1 atom stereocenters. The lowest BCUT2D eigenvalue weighted by Crippen LogP contribution is -2.26. The summed E-state index contributed by atoms with van der Waals surface area (Å²) in [6, 6.07) is 5.84. The number of benzene rings is 1. The van der Waals surface area contributed by atoms with Crippen molar-refractivity contribution in [2.45, 2.75) is 26.3 Å². The van der Waals surface area contributed by atoms with Crippen LogP contribution in [0.15, 0.2) is 18.2 Å². The largest absolute Gasteiger partial charge is 0.494 e. The zero-order valence-electron chi connectivity index (χ0n) is 9.04. The SMILES string of the molecule is CCOc1ccc2c(c1)C(=O)CC(C)N2. The zero-order chi connectivity index (χ0) is 10.8. The highest BCUT2D eigenvalue weighted by molar-refractivity contribution is 6.03. The molecule has 0 aliphatic carbocycles. The van der Waals surface area contributed by atoms with Crippen molar-refractivity contribution >= 4 is 11.5 Å². The van der Waals surface area contributed by atoms with E-state index in [1.54, 1.807) is 0 Å². The van der Waals surface area contributed by atoms with Crippen molar-refractivity contribution in [2.24, 2.45) is 0 Å². The topological polar surface area (TPSA) is 38.3 Å². The molecule has 1 aromatic carbocycles. The average molecular weight is 205 g/mol. The fourth-order valence-electron chi connectivity index (χ4n) is 1.84. The molecule has 3 heteroatoms. The van der Waals surface area contributed by atoms with Gasteiger partial charge in [0.05, 0.1) is 6.61 Å². The van der Waals surface area contributed by atoms with Crippen molar-refractivity contribution in [1.29, 1.82) is 0 Å². The minimum Gasteiger partial charge on any atom is -0.494 e. The van der Waals surface area contributed by atoms with E-state index in [-0.39, 0.29) is 11.8 Å². The summed E-state index contributed by atoms with van der Waals surface area (Å²) in [7, 11) is 0. The number of rotatable bonds is 2. The van der Waals surface area contributed by atoms with Gasteiger partial charge in [0.15, 0.2) is 5.78 Å². The van der Waals surface area contributed by atoms with Crippen LogP contribution >= 0.6 is 0 Å². The number of anilines is 1. The van der Waals surface area contributed by atoms with Crippen molar-refractivity contribution in [2.75, 3.05) is 11.9 Å². The average Bonchev–Trinajstić information content (AvgIpc) is 2.19. The van der Waals surface area contributed by atoms with Crippen LogP contribution < -0.4 is 10.1 Å². The lowest BCUT2D eigenvalue weighted by molar-refractivity contribution is 0.0974. The van der Waals surface area contributed by atoms with E-state index < -0.39 is 0 Å². The Morgan fingerprint density at radius 2 is 2.33 bits per heavy atom. The predicted octanol–water partition coefficient (Wildman–Crippen LogP) is 2.47. The van der Waals surface area contributed by atoms with E-state index in [1.807, 2.05) is 32.0 Å². The molecule has 0 aromatic heterocycles. The minimum absolute atomic E-state index is 0.192. The molecule has 0 saturated carbocycles. The monoisotopic (exact) mass is 205 g/mol. The van der Waals surface area contributed by atoms with Crippen LogP contribution in [0, 0.1) is 0 Å². The Morgan fingerprint density at radius 3 is 3.07 bits per heavy atom. The number of carbonyl (C=O) groups excluding carboxylic acids is 1. The van der Waals surface area contributed by atoms with E-state index in [4.69, 9.17) is 4.74 Å². The number of hydrogen-bond acceptors (Lipinski definition) is 3. The van der Waals surface area contributed by atoms with Crippen LogP contribution in [-0.4, -0.2) is 18.4 Å². The first-order valence-corrected chi connectivity index (χ1v) is 5.27. The van der Waals surface area contributed by atoms with E-state index in [9.17, 15) is 4.79 Å². The molecule has 2 rings (SSSR count). The molecule has 1 unspecified atom stereocenters. The van der Waals surface area contributed by atoms with Crippen molar-refractivity contribution in [1.82, 2.24) is 0 Å². The first kappa shape index (κ1) is 10.0. The van der Waals surface area contributed by atoms with Gasteiger partial charge in [0.1, 0.15) is 5.75 Å². The van der Waals surface area contributed by atoms with Crippen LogP contribution in [0.25, 0.3) is 0 Å². The summed E-state index contributed by atoms with van der Waals surface area (Å²) in [5.41, 5.74) is 1.67. The lowest BCUT2D eigenvalue weighted by Gasteiger charge is -2.23. The molecule has 1 aliphatic rings. The van der Waals surface area contributed by atoms with Crippen LogP contribution in [-0.2, 0) is 0 Å². The predicted molar refractivity (Wildman–Crippen MR) is 59.6 cm³/mol. The minimum atomic E-state index is 0.192. The first-order chi connectivity index (χ1) is 7.20. The van der Waals surface area contributed by atoms with Gasteiger partial charge >= 0.3 is 0 Å². The Bertz CT molecular complexity index is 387. The fourth-order valence-corrected chi connectivity index (χ4v) is 1.84. The molecule has 1 heterocycles. The van der Waals surface area contributed by atoms with E-state index in [0.29, 0.717) is 13.0 Å². The van der Waals surface area contributed by atoms with E-state index in [2.05, 4.69) is 5.32 Å². The standard InChI is InChI=1S/C12H15NO2/c1-3-15-9-4-5-11-10(7-9)12(14)6-8(2)13-11/h4-5,7-8,13H,3,6H2,1-2H3. The second kappa shape index (κ2) is 3.93. The molecule has 1 aliphatic heterocycles. The molecule has 0 fully saturated rings. The lowest BCUT2D eigenvalue weighted by atomic mass is 9.97. The molecular weight excluding hydrogens is 190 g/mol. The molecular formula is C12H15NO2. The number of fused-ring (bicyclic) bond motifs is 1. The molecule has 0 saturated heterocycles. The molecule has 1 N–H and O–H groups in total. The molecule has 0 spiro atoms. The van der Waals surface area contributed by atoms with Gasteiger partial charge in [-0.2, -0.15) is 0 Å². The summed E-state index contributed by atoms with van der Waals surface area (Å²) in [5.74, 6) is 0.957. The molecule has 1 aromatic rings. The Labute approximate surface area is 89.4 Å². The third kappa shape index (κ3) is 1.96. The first-order valence-electron chi connectivity index (χ1n) is 5.27. The van der Waals surface area contributed by atoms with Crippen molar-refractivity contribution in [3.05, 3.63) is 23.8 Å². The maximum Gasteiger partial charge on any atom is 0.167 e. The van der Waals surface area contributed by atoms with E-state index in [1.165, 1.54) is 0 Å². The van der Waals surface area contributed by atoms with Crippen LogP contribution in [0.4, 0.5) is 5.69 Å². The summed E-state index contributed by atoms with van der Waals surface area (Å²) < 4.78 is 5.37. The van der Waals surface area contributed by atoms with Crippen LogP contribution in [0.2, 0.25) is 0 Å². The molecule has 80 valence electrons. The van der Waals surface area contributed by atoms with Gasteiger partial charge in [-0.05, 0) is 32.0 Å². The normalized spacial score (nSPS) is 19.3. The molecule has 0 amide bonds. The number of ether oxygens (including phenoxy) is 1. The number of ketones is 1. The summed E-state index contributed by atoms with van der Waals surface area (Å²) in [4.78, 5) is 11.8. The second-order valence-corrected chi connectivity index (χ2v) is 3.81. The van der Waals surface area contributed by atoms with E-state index >= 15 is 0 Å². The third-order valence-electron chi connectivity index (χ3n) is 2.50. The van der Waals surface area contributed by atoms with Gasteiger partial charge in [0.2, 0.25) is 0 Å². The van der Waals surface area contributed by atoms with E-state index in [0.717, 1.165) is 17.0 Å². The summed E-state index contributed by atoms with van der Waals surface area (Å²) >= 11 is 0. The van der Waals surface area contributed by atoms with Crippen LogP contribution in [0.5, 0.6) is 5.75 Å². The van der Waals surface area contributed by atoms with Gasteiger partial charge in [-0.1, -0.05) is 0 Å². The molecule has 3 nitrogen and oxygen atoms in total. The van der Waals surface area contributed by atoms with Crippen LogP contribution in [0.3, 0.4) is 0 Å². The number of hydrogen-bond donors (Lipinski definition) is 1. The zero-order valence-corrected chi connectivity index (χ0v) is 9.04. The number of carbonyl (C=O) groups is 1. The summed E-state index contributed by atoms with van der Waals surface area (Å²) in [6.45, 7) is 4.57. The third-order valence-corrected chi connectivity index (χ3v) is 2.50. The van der Waals surface area contributed by atoms with Gasteiger partial charge in [-0.25, -0.2) is 0 Å². The fraction of sp³-hybridized carbons (Fsp3) is 0.417. The highest BCUT2D eigenvalue weighted by Crippen LogP contribution is 2.28. The van der Waals surface area contributed by atoms with Gasteiger partial charge in [0.25, 0.3) is 0 Å². The number of nitrogens with one attached hydrogen (secondary N) is 1. The summed E-state index contributed by atoms with van der Waals surface area (Å²) in [6.07, 6.45) is 0.558. The molecule has 0 bridgehead atoms. The Balaban J connectivity index is 2.35. The number of Topliss-reactive ketones (excluding diaryl/α,β-unsaturated/α-hetero) is 1. The Hall–Kier alpha value is -1.51. The van der Waals surface area contributed by atoms with Crippen molar-refractivity contribution in [3.63, 3.8) is 0 Å². The van der Waals surface area contributed by atoms with Gasteiger partial charge in [-0.15, -0.1) is 0 Å². The molecule has 0 radical (unpaired) electrons. The summed E-state index contributed by atoms with van der Waals surface area (Å²) in [5, 5.41) is 3.28. The van der Waals surface area contributed by atoms with Gasteiger partial charge in [0, 0.05) is 23.7 Å². The molecule has 15 heavy (non-hydrogen) atoms. The second-order valence-electron chi connectivity index (χ2n) is 3.81. The maximum absolute atomic E-state index is 11.8. The highest BCUT2D eigenvalue weighted by atomic mass is 16.5. The maximum atomic E-state index is 11.8. The smallest absolute Gasteiger partial charge is 0.167 e. The Kier molecular flexibility index (Phi) is 2.62. The quantitative estimate of drug-likeness (QED) is 0.806. The van der Waals surface area contributed by atoms with Crippen molar-refractivity contribution in [3.8, 4) is 5.75 Å². The van der Waals surface area contributed by atoms with Gasteiger partial charge < -0.3 is 10.1 Å². The Morgan fingerprint density at radius 1 is 1.53 bits per heavy atom. The highest BCUT2D eigenvalue weighted by Gasteiger charge is 2.21. The van der Waals surface area contributed by atoms with Crippen LogP contribution in [0.1, 0.15) is 30.6 Å².